The third-order valence-electron chi connectivity index (χ3n) is 2.19. The van der Waals surface area contributed by atoms with E-state index in [0.29, 0.717) is 0 Å². The fraction of sp³-hybridized carbons (Fsp3) is 0.600. The van der Waals surface area contributed by atoms with Crippen molar-refractivity contribution in [2.75, 3.05) is 13.2 Å². The van der Waals surface area contributed by atoms with E-state index in [2.05, 4.69) is 6.58 Å². The molecule has 0 spiro atoms. The summed E-state index contributed by atoms with van der Waals surface area (Å²) >= 11 is 0. The van der Waals surface area contributed by atoms with Crippen molar-refractivity contribution < 1.29 is 14.9 Å². The average Bonchev–Trinajstić information content (AvgIpc) is 2.18. The van der Waals surface area contributed by atoms with E-state index in [1.54, 1.807) is 6.08 Å². The molecule has 1 rings (SSSR count). The Hall–Kier alpha value is -0.640. The van der Waals surface area contributed by atoms with Gasteiger partial charge in [0.2, 0.25) is 0 Å². The molecule has 0 radical (unpaired) electrons. The summed E-state index contributed by atoms with van der Waals surface area (Å²) in [5.74, 6) is -0.0777. The van der Waals surface area contributed by atoms with E-state index in [1.165, 1.54) is 0 Å². The molecule has 0 saturated heterocycles. The van der Waals surface area contributed by atoms with Gasteiger partial charge in [-0.15, -0.1) is 6.58 Å². The molecular weight excluding hydrogens is 168 g/mol. The minimum absolute atomic E-state index is 0.00236. The maximum Gasteiger partial charge on any atom is 0.0898 e. The highest BCUT2D eigenvalue weighted by Gasteiger charge is 2.25. The SMILES string of the molecule is C=CC[C@@H]1C=C[C@@H](CO)[C@H](CO)O1. The molecule has 3 atom stereocenters. The van der Waals surface area contributed by atoms with Gasteiger partial charge in [0.15, 0.2) is 0 Å². The number of hydrogen-bond donors (Lipinski definition) is 2. The number of ether oxygens (including phenoxy) is 1. The fourth-order valence-electron chi connectivity index (χ4n) is 1.42. The van der Waals surface area contributed by atoms with E-state index in [4.69, 9.17) is 14.9 Å². The topological polar surface area (TPSA) is 49.7 Å². The summed E-state index contributed by atoms with van der Waals surface area (Å²) in [6.45, 7) is 3.58. The van der Waals surface area contributed by atoms with Crippen molar-refractivity contribution in [3.05, 3.63) is 24.8 Å². The quantitative estimate of drug-likeness (QED) is 0.625. The molecule has 0 amide bonds. The summed E-state index contributed by atoms with van der Waals surface area (Å²) in [6.07, 6.45) is 6.05. The van der Waals surface area contributed by atoms with Gasteiger partial charge in [0.1, 0.15) is 0 Å². The van der Waals surface area contributed by atoms with Crippen molar-refractivity contribution in [3.63, 3.8) is 0 Å². The Labute approximate surface area is 78.3 Å². The van der Waals surface area contributed by atoms with Crippen LogP contribution in [-0.2, 0) is 4.74 Å². The van der Waals surface area contributed by atoms with Crippen LogP contribution in [0.3, 0.4) is 0 Å². The van der Waals surface area contributed by atoms with E-state index >= 15 is 0 Å². The van der Waals surface area contributed by atoms with Gasteiger partial charge in [-0.2, -0.15) is 0 Å². The normalized spacial score (nSPS) is 33.2. The lowest BCUT2D eigenvalue weighted by atomic mass is 9.98. The summed E-state index contributed by atoms with van der Waals surface area (Å²) in [4.78, 5) is 0. The molecule has 0 aromatic rings. The van der Waals surface area contributed by atoms with E-state index < -0.39 is 0 Å². The Bertz CT molecular complexity index is 189. The second kappa shape index (κ2) is 5.17. The Morgan fingerprint density at radius 3 is 2.62 bits per heavy atom. The molecule has 1 aliphatic heterocycles. The van der Waals surface area contributed by atoms with E-state index in [9.17, 15) is 0 Å². The van der Waals surface area contributed by atoms with Crippen LogP contribution in [0.25, 0.3) is 0 Å². The van der Waals surface area contributed by atoms with Gasteiger partial charge in [-0.05, 0) is 6.42 Å². The zero-order valence-corrected chi connectivity index (χ0v) is 7.60. The van der Waals surface area contributed by atoms with Crippen LogP contribution < -0.4 is 0 Å². The van der Waals surface area contributed by atoms with Crippen LogP contribution in [0.5, 0.6) is 0 Å². The first-order valence-electron chi connectivity index (χ1n) is 4.48. The highest BCUT2D eigenvalue weighted by molar-refractivity contribution is 5.03. The summed E-state index contributed by atoms with van der Waals surface area (Å²) < 4.78 is 5.51. The maximum atomic E-state index is 8.98. The third-order valence-corrected chi connectivity index (χ3v) is 2.19. The van der Waals surface area contributed by atoms with Gasteiger partial charge in [-0.25, -0.2) is 0 Å². The van der Waals surface area contributed by atoms with Gasteiger partial charge in [0.05, 0.1) is 25.4 Å². The number of aliphatic hydroxyl groups is 2. The molecule has 0 aromatic carbocycles. The monoisotopic (exact) mass is 184 g/mol. The predicted octanol–water partition coefficient (Wildman–Crippen LogP) is 0.487. The lowest BCUT2D eigenvalue weighted by Gasteiger charge is -2.29. The summed E-state index contributed by atoms with van der Waals surface area (Å²) in [5.41, 5.74) is 0. The average molecular weight is 184 g/mol. The van der Waals surface area contributed by atoms with Crippen molar-refractivity contribution in [1.29, 1.82) is 0 Å². The lowest BCUT2D eigenvalue weighted by Crippen LogP contribution is -2.35. The summed E-state index contributed by atoms with van der Waals surface area (Å²) in [6, 6.07) is 0. The molecule has 2 N–H and O–H groups in total. The Kier molecular flexibility index (Phi) is 4.15. The van der Waals surface area contributed by atoms with Gasteiger partial charge in [-0.3, -0.25) is 0 Å². The molecule has 1 aliphatic rings. The molecule has 0 unspecified atom stereocenters. The molecule has 3 heteroatoms. The molecule has 3 nitrogen and oxygen atoms in total. The predicted molar refractivity (Wildman–Crippen MR) is 50.3 cm³/mol. The molecule has 13 heavy (non-hydrogen) atoms. The zero-order valence-electron chi connectivity index (χ0n) is 7.60. The second-order valence-electron chi connectivity index (χ2n) is 3.15. The summed E-state index contributed by atoms with van der Waals surface area (Å²) in [7, 11) is 0. The smallest absolute Gasteiger partial charge is 0.0898 e. The number of aliphatic hydroxyl groups excluding tert-OH is 2. The van der Waals surface area contributed by atoms with E-state index in [0.717, 1.165) is 6.42 Å². The minimum Gasteiger partial charge on any atom is -0.396 e. The van der Waals surface area contributed by atoms with Crippen molar-refractivity contribution in [2.45, 2.75) is 18.6 Å². The molecule has 74 valence electrons. The molecule has 0 saturated carbocycles. The fourth-order valence-corrected chi connectivity index (χ4v) is 1.42. The zero-order chi connectivity index (χ0) is 9.68. The summed E-state index contributed by atoms with van der Waals surface area (Å²) in [5, 5.41) is 17.9. The maximum absolute atomic E-state index is 8.98. The third kappa shape index (κ3) is 2.66. The molecule has 0 aliphatic carbocycles. The molecular formula is C10H16O3. The highest BCUT2D eigenvalue weighted by atomic mass is 16.5. The first kappa shape index (κ1) is 10.4. The van der Waals surface area contributed by atoms with Crippen LogP contribution in [-0.4, -0.2) is 35.6 Å². The van der Waals surface area contributed by atoms with Gasteiger partial charge in [-0.1, -0.05) is 18.2 Å². The first-order valence-corrected chi connectivity index (χ1v) is 4.48. The molecule has 1 heterocycles. The van der Waals surface area contributed by atoms with Crippen LogP contribution in [0, 0.1) is 5.92 Å². The van der Waals surface area contributed by atoms with Crippen molar-refractivity contribution in [1.82, 2.24) is 0 Å². The van der Waals surface area contributed by atoms with Crippen molar-refractivity contribution >= 4 is 0 Å². The second-order valence-corrected chi connectivity index (χ2v) is 3.15. The minimum atomic E-state index is -0.278. The van der Waals surface area contributed by atoms with Gasteiger partial charge in [0.25, 0.3) is 0 Å². The van der Waals surface area contributed by atoms with Crippen molar-refractivity contribution in [3.8, 4) is 0 Å². The number of rotatable bonds is 4. The standard InChI is InChI=1S/C10H16O3/c1-2-3-9-5-4-8(6-11)10(7-12)13-9/h2,4-5,8-12H,1,3,6-7H2/t8-,9+,10-/m0/s1. The number of hydrogen-bond acceptors (Lipinski definition) is 3. The first-order chi connectivity index (χ1) is 6.31. The van der Waals surface area contributed by atoms with Crippen LogP contribution in [0.2, 0.25) is 0 Å². The Morgan fingerprint density at radius 2 is 2.08 bits per heavy atom. The Balaban J connectivity index is 2.55. The molecule has 0 aromatic heterocycles. The van der Waals surface area contributed by atoms with Crippen LogP contribution in [0.15, 0.2) is 24.8 Å². The van der Waals surface area contributed by atoms with Gasteiger partial charge < -0.3 is 14.9 Å². The largest absolute Gasteiger partial charge is 0.396 e. The van der Waals surface area contributed by atoms with E-state index in [-0.39, 0.29) is 31.3 Å². The Morgan fingerprint density at radius 1 is 1.31 bits per heavy atom. The molecule has 0 bridgehead atoms. The van der Waals surface area contributed by atoms with E-state index in [1.807, 2.05) is 12.2 Å². The van der Waals surface area contributed by atoms with Crippen LogP contribution in [0.1, 0.15) is 6.42 Å². The highest BCUT2D eigenvalue weighted by Crippen LogP contribution is 2.19. The van der Waals surface area contributed by atoms with Gasteiger partial charge in [0, 0.05) is 5.92 Å². The van der Waals surface area contributed by atoms with Crippen LogP contribution in [0.4, 0.5) is 0 Å². The van der Waals surface area contributed by atoms with Crippen molar-refractivity contribution in [2.24, 2.45) is 5.92 Å². The lowest BCUT2D eigenvalue weighted by molar-refractivity contribution is -0.0586. The molecule has 0 fully saturated rings. The van der Waals surface area contributed by atoms with Crippen LogP contribution >= 0.6 is 0 Å². The van der Waals surface area contributed by atoms with Gasteiger partial charge >= 0.3 is 0 Å².